The smallest absolute Gasteiger partial charge is 0.161 e. The average Bonchev–Trinajstić information content (AvgIpc) is 2.31. The van der Waals surface area contributed by atoms with Crippen molar-refractivity contribution in [2.45, 2.75) is 25.9 Å². The summed E-state index contributed by atoms with van der Waals surface area (Å²) in [4.78, 5) is 0. The molecule has 0 aliphatic heterocycles. The SMILES string of the molecule is CCOc1ccc(C(C#N)C(C)O)cc1OC. The van der Waals surface area contributed by atoms with E-state index < -0.39 is 12.0 Å². The van der Waals surface area contributed by atoms with Crippen LogP contribution >= 0.6 is 0 Å². The monoisotopic (exact) mass is 235 g/mol. The Morgan fingerprint density at radius 1 is 1.41 bits per heavy atom. The van der Waals surface area contributed by atoms with Crippen LogP contribution < -0.4 is 9.47 Å². The van der Waals surface area contributed by atoms with E-state index in [0.717, 1.165) is 5.56 Å². The van der Waals surface area contributed by atoms with Crippen LogP contribution in [-0.4, -0.2) is 24.9 Å². The van der Waals surface area contributed by atoms with E-state index in [4.69, 9.17) is 14.7 Å². The second kappa shape index (κ2) is 6.12. The molecule has 0 amide bonds. The lowest BCUT2D eigenvalue weighted by Gasteiger charge is -2.15. The maximum atomic E-state index is 9.51. The molecule has 0 bridgehead atoms. The van der Waals surface area contributed by atoms with Crippen molar-refractivity contribution in [2.24, 2.45) is 0 Å². The number of hydrogen-bond acceptors (Lipinski definition) is 4. The Balaban J connectivity index is 3.08. The first-order chi connectivity index (χ1) is 8.13. The summed E-state index contributed by atoms with van der Waals surface area (Å²) in [5.41, 5.74) is 0.725. The predicted molar refractivity (Wildman–Crippen MR) is 64.2 cm³/mol. The summed E-state index contributed by atoms with van der Waals surface area (Å²) in [6.45, 7) is 4.03. The molecule has 1 rings (SSSR count). The zero-order chi connectivity index (χ0) is 12.8. The molecule has 0 radical (unpaired) electrons. The van der Waals surface area contributed by atoms with Gasteiger partial charge in [-0.15, -0.1) is 0 Å². The van der Waals surface area contributed by atoms with E-state index in [9.17, 15) is 5.11 Å². The van der Waals surface area contributed by atoms with E-state index in [2.05, 4.69) is 6.07 Å². The molecule has 0 saturated carbocycles. The van der Waals surface area contributed by atoms with E-state index in [1.807, 2.05) is 6.92 Å². The molecule has 1 N–H and O–H groups in total. The molecular weight excluding hydrogens is 218 g/mol. The zero-order valence-corrected chi connectivity index (χ0v) is 10.3. The van der Waals surface area contributed by atoms with E-state index in [1.165, 1.54) is 0 Å². The lowest BCUT2D eigenvalue weighted by Crippen LogP contribution is -2.12. The summed E-state index contributed by atoms with van der Waals surface area (Å²) in [6.07, 6.45) is -0.720. The van der Waals surface area contributed by atoms with Gasteiger partial charge in [-0.3, -0.25) is 0 Å². The van der Waals surface area contributed by atoms with Gasteiger partial charge in [-0.05, 0) is 31.5 Å². The van der Waals surface area contributed by atoms with Gasteiger partial charge in [-0.1, -0.05) is 6.07 Å². The van der Waals surface area contributed by atoms with Crippen molar-refractivity contribution in [1.29, 1.82) is 5.26 Å². The number of rotatable bonds is 5. The van der Waals surface area contributed by atoms with Crippen molar-refractivity contribution < 1.29 is 14.6 Å². The van der Waals surface area contributed by atoms with Gasteiger partial charge in [0.05, 0.1) is 31.8 Å². The molecule has 0 aliphatic carbocycles. The molecule has 1 aromatic rings. The van der Waals surface area contributed by atoms with E-state index in [1.54, 1.807) is 32.2 Å². The van der Waals surface area contributed by atoms with Gasteiger partial charge in [0.15, 0.2) is 11.5 Å². The summed E-state index contributed by atoms with van der Waals surface area (Å²) in [5, 5.41) is 18.5. The second-order valence-corrected chi connectivity index (χ2v) is 3.69. The number of nitriles is 1. The molecule has 2 unspecified atom stereocenters. The average molecular weight is 235 g/mol. The Morgan fingerprint density at radius 3 is 2.59 bits per heavy atom. The third-order valence-corrected chi connectivity index (χ3v) is 2.47. The van der Waals surface area contributed by atoms with Gasteiger partial charge in [0.1, 0.15) is 0 Å². The Morgan fingerprint density at radius 2 is 2.12 bits per heavy atom. The van der Waals surface area contributed by atoms with Crippen molar-refractivity contribution in [2.75, 3.05) is 13.7 Å². The first-order valence-electron chi connectivity index (χ1n) is 5.52. The number of aliphatic hydroxyl groups is 1. The Labute approximate surface area is 101 Å². The summed E-state index contributed by atoms with van der Waals surface area (Å²) < 4.78 is 10.6. The summed E-state index contributed by atoms with van der Waals surface area (Å²) in [6, 6.07) is 7.33. The quantitative estimate of drug-likeness (QED) is 0.848. The van der Waals surface area contributed by atoms with Crippen LogP contribution in [-0.2, 0) is 0 Å². The number of hydrogen-bond donors (Lipinski definition) is 1. The van der Waals surface area contributed by atoms with Crippen LogP contribution in [0.1, 0.15) is 25.3 Å². The van der Waals surface area contributed by atoms with Crippen molar-refractivity contribution in [3.63, 3.8) is 0 Å². The predicted octanol–water partition coefficient (Wildman–Crippen LogP) is 2.08. The molecule has 4 nitrogen and oxygen atoms in total. The minimum absolute atomic E-state index is 0.549. The van der Waals surface area contributed by atoms with Crippen molar-refractivity contribution in [3.8, 4) is 17.6 Å². The molecule has 0 fully saturated rings. The molecule has 17 heavy (non-hydrogen) atoms. The van der Waals surface area contributed by atoms with E-state index >= 15 is 0 Å². The lowest BCUT2D eigenvalue weighted by molar-refractivity contribution is 0.181. The lowest BCUT2D eigenvalue weighted by atomic mass is 9.95. The van der Waals surface area contributed by atoms with Gasteiger partial charge in [-0.25, -0.2) is 0 Å². The molecule has 0 aliphatic rings. The van der Waals surface area contributed by atoms with Crippen LogP contribution in [0.15, 0.2) is 18.2 Å². The van der Waals surface area contributed by atoms with Gasteiger partial charge in [0.2, 0.25) is 0 Å². The molecular formula is C13H17NO3. The van der Waals surface area contributed by atoms with Crippen LogP contribution in [0.3, 0.4) is 0 Å². The minimum atomic E-state index is -0.720. The highest BCUT2D eigenvalue weighted by Gasteiger charge is 2.18. The molecule has 0 heterocycles. The molecule has 4 heteroatoms. The largest absolute Gasteiger partial charge is 0.493 e. The Bertz CT molecular complexity index is 410. The van der Waals surface area contributed by atoms with Crippen molar-refractivity contribution >= 4 is 0 Å². The first kappa shape index (κ1) is 13.3. The Kier molecular flexibility index (Phi) is 4.80. The molecule has 0 spiro atoms. The molecule has 92 valence electrons. The third-order valence-electron chi connectivity index (χ3n) is 2.47. The number of nitrogens with zero attached hydrogens (tertiary/aromatic N) is 1. The normalized spacial score (nSPS) is 13.6. The maximum absolute atomic E-state index is 9.51. The molecule has 2 atom stereocenters. The van der Waals surface area contributed by atoms with Gasteiger partial charge in [-0.2, -0.15) is 5.26 Å². The molecule has 0 saturated heterocycles. The summed E-state index contributed by atoms with van der Waals surface area (Å²) in [7, 11) is 1.55. The van der Waals surface area contributed by atoms with E-state index in [0.29, 0.717) is 18.1 Å². The van der Waals surface area contributed by atoms with Crippen molar-refractivity contribution in [1.82, 2.24) is 0 Å². The van der Waals surface area contributed by atoms with Crippen LogP contribution in [0.5, 0.6) is 11.5 Å². The first-order valence-corrected chi connectivity index (χ1v) is 5.52. The highest BCUT2D eigenvalue weighted by atomic mass is 16.5. The molecule has 1 aromatic carbocycles. The summed E-state index contributed by atoms with van der Waals surface area (Å²) in [5.74, 6) is 0.658. The third kappa shape index (κ3) is 3.11. The van der Waals surface area contributed by atoms with Crippen molar-refractivity contribution in [3.05, 3.63) is 23.8 Å². The van der Waals surface area contributed by atoms with Gasteiger partial charge >= 0.3 is 0 Å². The van der Waals surface area contributed by atoms with Crippen LogP contribution in [0.4, 0.5) is 0 Å². The van der Waals surface area contributed by atoms with Gasteiger partial charge < -0.3 is 14.6 Å². The zero-order valence-electron chi connectivity index (χ0n) is 10.3. The van der Waals surface area contributed by atoms with Crippen LogP contribution in [0.25, 0.3) is 0 Å². The topological polar surface area (TPSA) is 62.5 Å². The highest BCUT2D eigenvalue weighted by Crippen LogP contribution is 2.31. The molecule has 0 aromatic heterocycles. The maximum Gasteiger partial charge on any atom is 0.161 e. The van der Waals surface area contributed by atoms with Crippen LogP contribution in [0, 0.1) is 11.3 Å². The van der Waals surface area contributed by atoms with Gasteiger partial charge in [0, 0.05) is 0 Å². The van der Waals surface area contributed by atoms with Gasteiger partial charge in [0.25, 0.3) is 0 Å². The summed E-state index contributed by atoms with van der Waals surface area (Å²) >= 11 is 0. The Hall–Kier alpha value is -1.73. The minimum Gasteiger partial charge on any atom is -0.493 e. The number of ether oxygens (including phenoxy) is 2. The fraction of sp³-hybridized carbons (Fsp3) is 0.462. The number of aliphatic hydroxyl groups excluding tert-OH is 1. The highest BCUT2D eigenvalue weighted by molar-refractivity contribution is 5.45. The second-order valence-electron chi connectivity index (χ2n) is 3.69. The fourth-order valence-corrected chi connectivity index (χ4v) is 1.61. The number of methoxy groups -OCH3 is 1. The van der Waals surface area contributed by atoms with Crippen LogP contribution in [0.2, 0.25) is 0 Å². The van der Waals surface area contributed by atoms with E-state index in [-0.39, 0.29) is 0 Å². The number of benzene rings is 1. The standard InChI is InChI=1S/C13H17NO3/c1-4-17-12-6-5-10(7-13(12)16-3)11(8-14)9(2)15/h5-7,9,11,15H,4H2,1-3H3. The fourth-order valence-electron chi connectivity index (χ4n) is 1.61.